The molecule has 184 valence electrons. The number of rotatable bonds is 5. The molecule has 4 aromatic rings. The van der Waals surface area contributed by atoms with Gasteiger partial charge in [0.15, 0.2) is 5.82 Å². The molecular weight excluding hydrogens is 470 g/mol. The van der Waals surface area contributed by atoms with Crippen LogP contribution in [0.2, 0.25) is 0 Å². The van der Waals surface area contributed by atoms with E-state index in [2.05, 4.69) is 10.3 Å². The third-order valence-electron chi connectivity index (χ3n) is 6.09. The van der Waals surface area contributed by atoms with Gasteiger partial charge in [-0.05, 0) is 36.8 Å². The number of aromatic nitrogens is 3. The molecule has 0 spiro atoms. The first-order valence-corrected chi connectivity index (χ1v) is 11.5. The molecule has 0 unspecified atom stereocenters. The Morgan fingerprint density at radius 1 is 0.944 bits per heavy atom. The quantitative estimate of drug-likeness (QED) is 0.326. The number of anilines is 3. The van der Waals surface area contributed by atoms with Gasteiger partial charge in [-0.2, -0.15) is 13.2 Å². The maximum Gasteiger partial charge on any atom is 0.416 e. The van der Waals surface area contributed by atoms with Crippen LogP contribution in [-0.4, -0.2) is 28.0 Å². The predicted molar refractivity (Wildman–Crippen MR) is 131 cm³/mol. The zero-order valence-corrected chi connectivity index (χ0v) is 19.2. The van der Waals surface area contributed by atoms with Gasteiger partial charge in [0, 0.05) is 48.1 Å². The van der Waals surface area contributed by atoms with Gasteiger partial charge in [0.1, 0.15) is 18.3 Å². The summed E-state index contributed by atoms with van der Waals surface area (Å²) in [5, 5.41) is 3.18. The van der Waals surface area contributed by atoms with Crippen LogP contribution in [0.3, 0.4) is 0 Å². The second-order valence-corrected chi connectivity index (χ2v) is 8.42. The Morgan fingerprint density at radius 3 is 2.50 bits per heavy atom. The molecule has 0 radical (unpaired) electrons. The fourth-order valence-electron chi connectivity index (χ4n) is 4.27. The Morgan fingerprint density at radius 2 is 1.75 bits per heavy atom. The minimum Gasteiger partial charge on any atom is -0.356 e. The molecular formula is C27H23F4N5. The van der Waals surface area contributed by atoms with Crippen LogP contribution in [0.25, 0.3) is 11.4 Å². The Bertz CT molecular complexity index is 1410. The number of halogens is 4. The van der Waals surface area contributed by atoms with Crippen LogP contribution in [-0.2, 0) is 25.7 Å². The smallest absolute Gasteiger partial charge is 0.356 e. The Hall–Kier alpha value is -4.01. The molecule has 0 atom stereocenters. The number of fused-ring (bicyclic) bond motifs is 1. The van der Waals surface area contributed by atoms with E-state index >= 15 is 0 Å². The van der Waals surface area contributed by atoms with Crippen LogP contribution in [0.15, 0.2) is 72.9 Å². The van der Waals surface area contributed by atoms with E-state index in [4.69, 9.17) is 11.3 Å². The van der Waals surface area contributed by atoms with Crippen molar-refractivity contribution in [1.29, 1.82) is 0 Å². The van der Waals surface area contributed by atoms with E-state index in [9.17, 15) is 17.6 Å². The fraction of sp³-hybridized carbons (Fsp3) is 0.222. The summed E-state index contributed by atoms with van der Waals surface area (Å²) in [5.41, 5.74) is 2.52. The van der Waals surface area contributed by atoms with Crippen LogP contribution in [0.5, 0.6) is 0 Å². The van der Waals surface area contributed by atoms with Gasteiger partial charge in [0.05, 0.1) is 12.6 Å². The highest BCUT2D eigenvalue weighted by Crippen LogP contribution is 2.32. The molecule has 5 nitrogen and oxygen atoms in total. The minimum atomic E-state index is -4.42. The van der Waals surface area contributed by atoms with Crippen LogP contribution in [0.4, 0.5) is 34.9 Å². The highest BCUT2D eigenvalue weighted by atomic mass is 19.4. The lowest BCUT2D eigenvalue weighted by Crippen LogP contribution is -2.28. The molecule has 0 bridgehead atoms. The van der Waals surface area contributed by atoms with Crippen molar-refractivity contribution in [3.8, 4) is 11.4 Å². The monoisotopic (exact) mass is 495 g/mol. The topological polar surface area (TPSA) is 53.9 Å². The van der Waals surface area contributed by atoms with E-state index in [1.807, 2.05) is 11.0 Å². The molecule has 36 heavy (non-hydrogen) atoms. The van der Waals surface area contributed by atoms with Gasteiger partial charge >= 0.3 is 6.18 Å². The van der Waals surface area contributed by atoms with Gasteiger partial charge in [-0.1, -0.05) is 36.4 Å². The van der Waals surface area contributed by atoms with Crippen molar-refractivity contribution in [2.45, 2.75) is 25.7 Å². The molecule has 0 aliphatic carbocycles. The molecule has 1 N–H and O–H groups in total. The number of alkyl halides is 4. The molecule has 0 saturated carbocycles. The summed E-state index contributed by atoms with van der Waals surface area (Å²) in [7, 11) is 0. The molecule has 0 amide bonds. The lowest BCUT2D eigenvalue weighted by Gasteiger charge is -2.23. The normalized spacial score (nSPS) is 14.1. The first-order valence-electron chi connectivity index (χ1n) is 12.0. The van der Waals surface area contributed by atoms with Gasteiger partial charge in [-0.3, -0.25) is 0 Å². The molecule has 2 aromatic carbocycles. The zero-order valence-electron chi connectivity index (χ0n) is 20.2. The summed E-state index contributed by atoms with van der Waals surface area (Å²) in [4.78, 5) is 15.9. The second-order valence-electron chi connectivity index (χ2n) is 8.42. The molecule has 0 saturated heterocycles. The van der Waals surface area contributed by atoms with Gasteiger partial charge in [-0.15, -0.1) is 0 Å². The average molecular weight is 496 g/mol. The van der Waals surface area contributed by atoms with Gasteiger partial charge < -0.3 is 10.2 Å². The molecule has 9 heteroatoms. The van der Waals surface area contributed by atoms with Crippen molar-refractivity contribution in [2.75, 3.05) is 23.3 Å². The molecule has 2 aromatic heterocycles. The van der Waals surface area contributed by atoms with Crippen molar-refractivity contribution in [2.24, 2.45) is 0 Å². The summed E-state index contributed by atoms with van der Waals surface area (Å²) in [6, 6.07) is 15.4. The number of pyridine rings is 1. The van der Waals surface area contributed by atoms with Crippen molar-refractivity contribution < 1.29 is 18.9 Å². The standard InChI is InChI=1S/C27H23F4N5/c28-17-19-7-4-14-32-26(19)36-15-12-22-23(13-16-36)34-24(18-5-2-1-3-6-18)35-25(22)33-21-10-8-20(9-11-21)27(29,30)31/h1-11,14H,12-13,15-17H2,(H,33,34,35)/i2T. The highest BCUT2D eigenvalue weighted by molar-refractivity contribution is 5.66. The van der Waals surface area contributed by atoms with Crippen molar-refractivity contribution in [3.63, 3.8) is 0 Å². The number of hydrogen-bond donors (Lipinski definition) is 1. The first-order chi connectivity index (χ1) is 17.8. The SMILES string of the molecule is [3H]c1cccc(-c2nc3c(c(Nc4ccc(C(F)(F)F)cc4)n2)CCN(c2ncccc2CF)CC3)c1. The van der Waals surface area contributed by atoms with E-state index in [1.165, 1.54) is 12.1 Å². The summed E-state index contributed by atoms with van der Waals surface area (Å²) < 4.78 is 60.7. The molecule has 1 aliphatic heterocycles. The third kappa shape index (κ3) is 5.00. The third-order valence-corrected chi connectivity index (χ3v) is 6.09. The summed E-state index contributed by atoms with van der Waals surface area (Å²) in [6.45, 7) is 0.482. The fourth-order valence-corrected chi connectivity index (χ4v) is 4.27. The van der Waals surface area contributed by atoms with Crippen LogP contribution in [0, 0.1) is 0 Å². The number of benzene rings is 2. The van der Waals surface area contributed by atoms with E-state index in [1.54, 1.807) is 36.5 Å². The summed E-state index contributed by atoms with van der Waals surface area (Å²) in [6.07, 6.45) is -1.73. The van der Waals surface area contributed by atoms with Crippen molar-refractivity contribution in [3.05, 3.63) is 95.3 Å². The molecule has 5 rings (SSSR count). The Kier molecular flexibility index (Phi) is 6.19. The van der Waals surface area contributed by atoms with E-state index in [-0.39, 0.29) is 0 Å². The van der Waals surface area contributed by atoms with Crippen molar-refractivity contribution in [1.82, 2.24) is 15.0 Å². The van der Waals surface area contributed by atoms with Gasteiger partial charge in [0.2, 0.25) is 0 Å². The van der Waals surface area contributed by atoms with E-state index < -0.39 is 18.4 Å². The van der Waals surface area contributed by atoms with Crippen LogP contribution >= 0.6 is 0 Å². The maximum atomic E-state index is 13.6. The van der Waals surface area contributed by atoms with E-state index in [0.717, 1.165) is 23.4 Å². The largest absolute Gasteiger partial charge is 0.416 e. The second kappa shape index (κ2) is 9.93. The first kappa shape index (κ1) is 22.5. The molecule has 3 heterocycles. The van der Waals surface area contributed by atoms with Crippen LogP contribution in [0.1, 0.15) is 23.8 Å². The van der Waals surface area contributed by atoms with Gasteiger partial charge in [0.25, 0.3) is 0 Å². The van der Waals surface area contributed by atoms with Gasteiger partial charge in [-0.25, -0.2) is 19.3 Å². The molecule has 1 aliphatic rings. The number of nitrogens with one attached hydrogen (secondary N) is 1. The maximum absolute atomic E-state index is 13.6. The molecule has 0 fully saturated rings. The lowest BCUT2D eigenvalue weighted by molar-refractivity contribution is -0.137. The highest BCUT2D eigenvalue weighted by Gasteiger charge is 2.30. The van der Waals surface area contributed by atoms with Crippen LogP contribution < -0.4 is 10.2 Å². The van der Waals surface area contributed by atoms with E-state index in [0.29, 0.717) is 66.2 Å². The minimum absolute atomic E-state index is 0.313. The lowest BCUT2D eigenvalue weighted by atomic mass is 10.1. The number of hydrogen-bond acceptors (Lipinski definition) is 5. The summed E-state index contributed by atoms with van der Waals surface area (Å²) >= 11 is 0. The Balaban J connectivity index is 1.52. The average Bonchev–Trinajstić information content (AvgIpc) is 3.11. The Labute approximate surface area is 207 Å². The number of nitrogens with zero attached hydrogens (tertiary/aromatic N) is 4. The van der Waals surface area contributed by atoms with Crippen molar-refractivity contribution >= 4 is 17.3 Å². The zero-order chi connectivity index (χ0) is 26.0. The summed E-state index contributed by atoms with van der Waals surface area (Å²) in [5.74, 6) is 1.49. The predicted octanol–water partition coefficient (Wildman–Crippen LogP) is 6.38.